The van der Waals surface area contributed by atoms with Crippen molar-refractivity contribution in [2.45, 2.75) is 13.8 Å². The summed E-state index contributed by atoms with van der Waals surface area (Å²) < 4.78 is 4.98. The number of aromatic nitrogens is 1. The summed E-state index contributed by atoms with van der Waals surface area (Å²) in [5.41, 5.74) is 2.47. The first-order valence-corrected chi connectivity index (χ1v) is 6.74. The minimum Gasteiger partial charge on any atom is -0.453 e. The van der Waals surface area contributed by atoms with E-state index < -0.39 is 5.97 Å². The highest BCUT2D eigenvalue weighted by molar-refractivity contribution is 6.30. The van der Waals surface area contributed by atoms with Crippen molar-refractivity contribution in [1.82, 2.24) is 4.98 Å². The number of ether oxygens (including phenoxy) is 1. The highest BCUT2D eigenvalue weighted by Gasteiger charge is 2.14. The van der Waals surface area contributed by atoms with E-state index in [9.17, 15) is 9.59 Å². The summed E-state index contributed by atoms with van der Waals surface area (Å²) in [6.45, 7) is 3.42. The molecule has 1 heterocycles. The van der Waals surface area contributed by atoms with Gasteiger partial charge in [-0.05, 0) is 37.6 Å². The second-order valence-corrected chi connectivity index (χ2v) is 5.11. The zero-order valence-corrected chi connectivity index (χ0v) is 12.5. The van der Waals surface area contributed by atoms with E-state index in [-0.39, 0.29) is 18.1 Å². The van der Waals surface area contributed by atoms with Crippen molar-refractivity contribution in [2.24, 2.45) is 0 Å². The molecule has 0 atom stereocenters. The fourth-order valence-electron chi connectivity index (χ4n) is 1.84. The van der Waals surface area contributed by atoms with Gasteiger partial charge in [0.25, 0.3) is 0 Å². The van der Waals surface area contributed by atoms with E-state index in [1.165, 1.54) is 12.3 Å². The fourth-order valence-corrected chi connectivity index (χ4v) is 2.00. The van der Waals surface area contributed by atoms with Crippen LogP contribution in [-0.4, -0.2) is 23.3 Å². The van der Waals surface area contributed by atoms with Crippen molar-refractivity contribution in [2.75, 3.05) is 6.61 Å². The number of hydrogen-bond acceptors (Lipinski definition) is 4. The number of aryl methyl sites for hydroxylation is 2. The van der Waals surface area contributed by atoms with Crippen molar-refractivity contribution in [3.8, 4) is 0 Å². The Morgan fingerprint density at radius 1 is 1.19 bits per heavy atom. The average Bonchev–Trinajstić information content (AvgIpc) is 2.47. The number of carbonyl (C=O) groups is 2. The van der Waals surface area contributed by atoms with Crippen LogP contribution in [-0.2, 0) is 4.74 Å². The van der Waals surface area contributed by atoms with E-state index in [1.54, 1.807) is 12.1 Å². The summed E-state index contributed by atoms with van der Waals surface area (Å²) in [7, 11) is 0. The molecule has 1 aromatic heterocycles. The van der Waals surface area contributed by atoms with Gasteiger partial charge in [-0.3, -0.25) is 4.79 Å². The molecule has 2 rings (SSSR count). The minimum atomic E-state index is -0.670. The van der Waals surface area contributed by atoms with Gasteiger partial charge < -0.3 is 4.74 Å². The van der Waals surface area contributed by atoms with Crippen LogP contribution in [0.25, 0.3) is 0 Å². The predicted molar refractivity (Wildman–Crippen MR) is 79.8 cm³/mol. The quantitative estimate of drug-likeness (QED) is 0.642. The van der Waals surface area contributed by atoms with Gasteiger partial charge in [-0.15, -0.1) is 0 Å². The van der Waals surface area contributed by atoms with Gasteiger partial charge in [0.1, 0.15) is 5.69 Å². The number of halogens is 1. The smallest absolute Gasteiger partial charge is 0.357 e. The number of Topliss-reactive ketones (excluding diaryl/α,β-unsaturated/α-hetero) is 1. The molecule has 2 aromatic rings. The predicted octanol–water partition coefficient (Wildman–Crippen LogP) is 3.39. The second kappa shape index (κ2) is 6.50. The molecule has 1 aromatic carbocycles. The number of ketones is 1. The lowest BCUT2D eigenvalue weighted by Gasteiger charge is -2.07. The molecule has 0 fully saturated rings. The van der Waals surface area contributed by atoms with E-state index in [4.69, 9.17) is 16.3 Å². The van der Waals surface area contributed by atoms with Crippen LogP contribution >= 0.6 is 11.6 Å². The third kappa shape index (κ3) is 3.89. The summed E-state index contributed by atoms with van der Waals surface area (Å²) in [5, 5.41) is 0.387. The van der Waals surface area contributed by atoms with Gasteiger partial charge >= 0.3 is 5.97 Å². The van der Waals surface area contributed by atoms with Crippen LogP contribution < -0.4 is 0 Å². The zero-order chi connectivity index (χ0) is 15.4. The fraction of sp³-hybridized carbons (Fsp3) is 0.188. The Kier molecular flexibility index (Phi) is 4.70. The third-order valence-electron chi connectivity index (χ3n) is 2.96. The monoisotopic (exact) mass is 303 g/mol. The molecule has 0 N–H and O–H groups in total. The molecule has 108 valence electrons. The van der Waals surface area contributed by atoms with Gasteiger partial charge in [0, 0.05) is 16.8 Å². The molecule has 4 nitrogen and oxygen atoms in total. The van der Waals surface area contributed by atoms with E-state index in [2.05, 4.69) is 4.98 Å². The van der Waals surface area contributed by atoms with E-state index in [1.807, 2.05) is 26.0 Å². The molecular formula is C16H14ClNO3. The maximum atomic E-state index is 12.1. The van der Waals surface area contributed by atoms with Gasteiger partial charge in [0.05, 0.1) is 0 Å². The Labute approximate surface area is 127 Å². The van der Waals surface area contributed by atoms with Crippen molar-refractivity contribution in [3.63, 3.8) is 0 Å². The summed E-state index contributed by atoms with van der Waals surface area (Å²) in [6.07, 6.45) is 1.41. The summed E-state index contributed by atoms with van der Waals surface area (Å²) in [6, 6.07) is 8.52. The molecular weight excluding hydrogens is 290 g/mol. The van der Waals surface area contributed by atoms with Crippen LogP contribution in [0, 0.1) is 13.8 Å². The van der Waals surface area contributed by atoms with Crippen LogP contribution in [0.4, 0.5) is 0 Å². The maximum Gasteiger partial charge on any atom is 0.357 e. The molecule has 0 aliphatic rings. The number of carbonyl (C=O) groups excluding carboxylic acids is 2. The molecule has 0 saturated carbocycles. The van der Waals surface area contributed by atoms with Gasteiger partial charge in [-0.2, -0.15) is 0 Å². The normalized spacial score (nSPS) is 10.2. The van der Waals surface area contributed by atoms with Crippen LogP contribution in [0.2, 0.25) is 5.02 Å². The lowest BCUT2D eigenvalue weighted by atomic mass is 10.0. The van der Waals surface area contributed by atoms with Crippen molar-refractivity contribution in [3.05, 3.63) is 63.9 Å². The third-order valence-corrected chi connectivity index (χ3v) is 3.19. The Hall–Kier alpha value is -2.20. The SMILES string of the molecule is Cc1ccc(C)c(C(=O)COC(=O)c2cc(Cl)ccn2)c1. The van der Waals surface area contributed by atoms with E-state index in [0.29, 0.717) is 10.6 Å². The largest absolute Gasteiger partial charge is 0.453 e. The van der Waals surface area contributed by atoms with Crippen LogP contribution in [0.3, 0.4) is 0 Å². The molecule has 21 heavy (non-hydrogen) atoms. The van der Waals surface area contributed by atoms with Crippen molar-refractivity contribution in [1.29, 1.82) is 0 Å². The molecule has 5 heteroatoms. The van der Waals surface area contributed by atoms with E-state index in [0.717, 1.165) is 11.1 Å². The Morgan fingerprint density at radius 2 is 1.95 bits per heavy atom. The number of pyridine rings is 1. The van der Waals surface area contributed by atoms with Crippen LogP contribution in [0.1, 0.15) is 32.0 Å². The molecule has 0 saturated heterocycles. The first-order chi connectivity index (χ1) is 9.97. The molecule has 0 aliphatic heterocycles. The van der Waals surface area contributed by atoms with Gasteiger partial charge in [-0.25, -0.2) is 9.78 Å². The van der Waals surface area contributed by atoms with Gasteiger partial charge in [-0.1, -0.05) is 29.3 Å². The van der Waals surface area contributed by atoms with Gasteiger partial charge in [0.15, 0.2) is 6.61 Å². The number of hydrogen-bond donors (Lipinski definition) is 0. The standard InChI is InChI=1S/C16H14ClNO3/c1-10-3-4-11(2)13(7-10)15(19)9-21-16(20)14-8-12(17)5-6-18-14/h3-8H,9H2,1-2H3. The summed E-state index contributed by atoms with van der Waals surface area (Å²) >= 11 is 5.77. The highest BCUT2D eigenvalue weighted by Crippen LogP contribution is 2.13. The van der Waals surface area contributed by atoms with E-state index >= 15 is 0 Å². The van der Waals surface area contributed by atoms with Crippen molar-refractivity contribution < 1.29 is 14.3 Å². The molecule has 0 amide bonds. The maximum absolute atomic E-state index is 12.1. The molecule has 0 aliphatic carbocycles. The number of esters is 1. The Bertz CT molecular complexity index is 698. The lowest BCUT2D eigenvalue weighted by molar-refractivity contribution is 0.0468. The highest BCUT2D eigenvalue weighted by atomic mass is 35.5. The molecule has 0 spiro atoms. The topological polar surface area (TPSA) is 56.3 Å². The zero-order valence-electron chi connectivity index (χ0n) is 11.7. The minimum absolute atomic E-state index is 0.0799. The second-order valence-electron chi connectivity index (χ2n) is 4.68. The Balaban J connectivity index is 2.04. The average molecular weight is 304 g/mol. The first-order valence-electron chi connectivity index (χ1n) is 6.36. The molecule has 0 bridgehead atoms. The number of benzene rings is 1. The number of rotatable bonds is 4. The number of nitrogens with zero attached hydrogens (tertiary/aromatic N) is 1. The van der Waals surface area contributed by atoms with Crippen LogP contribution in [0.5, 0.6) is 0 Å². The molecule has 0 radical (unpaired) electrons. The summed E-state index contributed by atoms with van der Waals surface area (Å²) in [4.78, 5) is 27.7. The van der Waals surface area contributed by atoms with Crippen LogP contribution in [0.15, 0.2) is 36.5 Å². The molecule has 0 unspecified atom stereocenters. The first kappa shape index (κ1) is 15.2. The lowest BCUT2D eigenvalue weighted by Crippen LogP contribution is -2.16. The van der Waals surface area contributed by atoms with Gasteiger partial charge in [0.2, 0.25) is 5.78 Å². The Morgan fingerprint density at radius 3 is 2.67 bits per heavy atom. The van der Waals surface area contributed by atoms with Crippen molar-refractivity contribution >= 4 is 23.4 Å². The summed E-state index contributed by atoms with van der Waals surface area (Å²) in [5.74, 6) is -0.914.